The monoisotopic (exact) mass is 777 g/mol. The summed E-state index contributed by atoms with van der Waals surface area (Å²) in [4.78, 5) is 40.8. The van der Waals surface area contributed by atoms with Gasteiger partial charge < -0.3 is 24.2 Å². The molecule has 5 aromatic carbocycles. The third kappa shape index (κ3) is 8.53. The van der Waals surface area contributed by atoms with E-state index in [4.69, 9.17) is 9.47 Å². The second-order valence-electron chi connectivity index (χ2n) is 15.9. The molecular weight excluding hydrogens is 723 g/mol. The van der Waals surface area contributed by atoms with E-state index in [1.54, 1.807) is 12.0 Å². The van der Waals surface area contributed by atoms with Gasteiger partial charge in [-0.2, -0.15) is 0 Å². The van der Waals surface area contributed by atoms with Crippen molar-refractivity contribution in [3.05, 3.63) is 139 Å². The van der Waals surface area contributed by atoms with Crippen LogP contribution in [0.15, 0.2) is 127 Å². The van der Waals surface area contributed by atoms with Crippen LogP contribution < -0.4 is 14.4 Å². The second-order valence-corrected chi connectivity index (χ2v) is 15.9. The Balaban J connectivity index is 1.21. The Labute approximate surface area is 343 Å². The molecule has 3 heterocycles. The van der Waals surface area contributed by atoms with Crippen LogP contribution in [0.25, 0.3) is 22.3 Å². The van der Waals surface area contributed by atoms with Crippen molar-refractivity contribution in [2.24, 2.45) is 0 Å². The third-order valence-electron chi connectivity index (χ3n) is 12.3. The van der Waals surface area contributed by atoms with Gasteiger partial charge in [-0.05, 0) is 104 Å². The first-order valence-electron chi connectivity index (χ1n) is 20.7. The summed E-state index contributed by atoms with van der Waals surface area (Å²) in [6, 6.07) is 43.1. The molecule has 9 heteroatoms. The first kappa shape index (κ1) is 39.4. The van der Waals surface area contributed by atoms with Crippen molar-refractivity contribution in [1.29, 1.82) is 0 Å². The maximum atomic E-state index is 15.8. The first-order chi connectivity index (χ1) is 28.4. The van der Waals surface area contributed by atoms with Gasteiger partial charge in [0.25, 0.3) is 11.8 Å². The van der Waals surface area contributed by atoms with Crippen LogP contribution in [0.1, 0.15) is 48.9 Å². The van der Waals surface area contributed by atoms with Gasteiger partial charge in [0.05, 0.1) is 18.8 Å². The quantitative estimate of drug-likeness (QED) is 0.113. The molecule has 3 atom stereocenters. The molecule has 3 unspecified atom stereocenters. The van der Waals surface area contributed by atoms with Crippen LogP contribution in [0.5, 0.6) is 11.5 Å². The number of carbonyl (C=O) groups is 2. The van der Waals surface area contributed by atoms with Gasteiger partial charge in [-0.15, -0.1) is 0 Å². The normalized spacial score (nSPS) is 17.4. The molecule has 58 heavy (non-hydrogen) atoms. The fourth-order valence-electron chi connectivity index (χ4n) is 8.92. The van der Waals surface area contributed by atoms with Crippen LogP contribution in [0.4, 0.5) is 5.69 Å². The Morgan fingerprint density at radius 2 is 1.14 bits per heavy atom. The fraction of sp³-hybridized carbons (Fsp3) is 0.347. The standard InChI is InChI=1S/C49H55N5O4/c1-50(44(33-52-28-10-11-29-52)40-22-18-38(19-23-40)36-14-6-4-7-15-36)48(54-43-32-42(57-3)26-27-46(43)58-35-47(54)55)49(56)51(2)45(34-53-30-12-13-31-53)41-24-20-39(21-25-41)37-16-8-5-9-17-37/h4-9,14-27,32,44-45,48H,10-13,28-31,33-35H2,1-3H3. The van der Waals surface area contributed by atoms with Crippen LogP contribution in [0.3, 0.4) is 0 Å². The zero-order valence-electron chi connectivity index (χ0n) is 34.0. The van der Waals surface area contributed by atoms with Crippen LogP contribution in [0.2, 0.25) is 0 Å². The number of hydrogen-bond donors (Lipinski definition) is 0. The van der Waals surface area contributed by atoms with E-state index in [-0.39, 0.29) is 30.5 Å². The zero-order valence-corrected chi connectivity index (χ0v) is 34.0. The lowest BCUT2D eigenvalue weighted by atomic mass is 9.98. The molecule has 2 fully saturated rings. The minimum absolute atomic E-state index is 0.157. The van der Waals surface area contributed by atoms with Crippen LogP contribution in [-0.4, -0.2) is 105 Å². The summed E-state index contributed by atoms with van der Waals surface area (Å²) in [5, 5.41) is 0. The molecule has 0 saturated carbocycles. The number of amides is 2. The molecular formula is C49H55N5O4. The molecule has 300 valence electrons. The van der Waals surface area contributed by atoms with Gasteiger partial charge in [0.1, 0.15) is 11.5 Å². The number of benzene rings is 5. The van der Waals surface area contributed by atoms with E-state index in [9.17, 15) is 4.79 Å². The van der Waals surface area contributed by atoms with E-state index in [1.165, 1.54) is 0 Å². The van der Waals surface area contributed by atoms with Crippen molar-refractivity contribution >= 4 is 17.5 Å². The summed E-state index contributed by atoms with van der Waals surface area (Å²) < 4.78 is 11.7. The van der Waals surface area contributed by atoms with Crippen molar-refractivity contribution in [2.45, 2.75) is 43.9 Å². The molecule has 0 radical (unpaired) electrons. The highest BCUT2D eigenvalue weighted by Gasteiger charge is 2.44. The summed E-state index contributed by atoms with van der Waals surface area (Å²) in [5.74, 6) is 0.694. The number of carbonyl (C=O) groups excluding carboxylic acids is 2. The van der Waals surface area contributed by atoms with Crippen molar-refractivity contribution in [1.82, 2.24) is 19.6 Å². The maximum absolute atomic E-state index is 15.8. The second kappa shape index (κ2) is 18.0. The lowest BCUT2D eigenvalue weighted by Crippen LogP contribution is -2.62. The van der Waals surface area contributed by atoms with E-state index < -0.39 is 6.17 Å². The average molecular weight is 778 g/mol. The van der Waals surface area contributed by atoms with E-state index in [0.717, 1.165) is 91.8 Å². The number of rotatable bonds is 14. The number of methoxy groups -OCH3 is 1. The molecule has 9 nitrogen and oxygen atoms in total. The van der Waals surface area contributed by atoms with Crippen LogP contribution >= 0.6 is 0 Å². The molecule has 5 aromatic rings. The van der Waals surface area contributed by atoms with Gasteiger partial charge in [-0.25, -0.2) is 0 Å². The number of hydrogen-bond acceptors (Lipinski definition) is 7. The topological polar surface area (TPSA) is 68.8 Å². The first-order valence-corrected chi connectivity index (χ1v) is 20.7. The largest absolute Gasteiger partial charge is 0.497 e. The number of likely N-dealkylation sites (tertiary alicyclic amines) is 2. The van der Waals surface area contributed by atoms with E-state index in [2.05, 4.69) is 112 Å². The number of likely N-dealkylation sites (N-methyl/N-ethyl adjacent to an activating group) is 2. The molecule has 3 aliphatic rings. The van der Waals surface area contributed by atoms with Gasteiger partial charge in [0.2, 0.25) is 0 Å². The number of ether oxygens (including phenoxy) is 2. The summed E-state index contributed by atoms with van der Waals surface area (Å²) in [6.45, 7) is 5.24. The molecule has 0 aromatic heterocycles. The summed E-state index contributed by atoms with van der Waals surface area (Å²) in [7, 11) is 5.53. The third-order valence-corrected chi connectivity index (χ3v) is 12.3. The molecule has 2 saturated heterocycles. The zero-order chi connectivity index (χ0) is 40.0. The molecule has 8 rings (SSSR count). The molecule has 0 spiro atoms. The summed E-state index contributed by atoms with van der Waals surface area (Å²) in [6.07, 6.45) is 3.59. The van der Waals surface area contributed by atoms with Gasteiger partial charge in [-0.1, -0.05) is 109 Å². The Morgan fingerprint density at radius 3 is 1.66 bits per heavy atom. The van der Waals surface area contributed by atoms with Crippen molar-refractivity contribution in [3.63, 3.8) is 0 Å². The average Bonchev–Trinajstić information content (AvgIpc) is 4.01. The maximum Gasteiger partial charge on any atom is 0.266 e. The molecule has 0 bridgehead atoms. The van der Waals surface area contributed by atoms with Crippen LogP contribution in [0, 0.1) is 0 Å². The molecule has 2 amide bonds. The minimum Gasteiger partial charge on any atom is -0.497 e. The summed E-state index contributed by atoms with van der Waals surface area (Å²) >= 11 is 0. The van der Waals surface area contributed by atoms with Crippen LogP contribution in [-0.2, 0) is 9.59 Å². The lowest BCUT2D eigenvalue weighted by molar-refractivity contribution is -0.141. The Morgan fingerprint density at radius 1 is 0.655 bits per heavy atom. The summed E-state index contributed by atoms with van der Waals surface area (Å²) in [5.41, 5.74) is 7.23. The Kier molecular flexibility index (Phi) is 12.2. The SMILES string of the molecule is COc1ccc2c(c1)N(C(C(=O)N(C)C(CN1CCCC1)c1ccc(-c3ccccc3)cc1)N(C)C(CN1CCCC1)c1ccc(-c3ccccc3)cc1)C(=O)CO2. The molecule has 0 aliphatic carbocycles. The van der Waals surface area contributed by atoms with Crippen molar-refractivity contribution < 1.29 is 19.1 Å². The molecule has 3 aliphatic heterocycles. The van der Waals surface area contributed by atoms with E-state index in [0.29, 0.717) is 23.7 Å². The van der Waals surface area contributed by atoms with E-state index in [1.807, 2.05) is 49.3 Å². The van der Waals surface area contributed by atoms with Crippen molar-refractivity contribution in [3.8, 4) is 33.8 Å². The fourth-order valence-corrected chi connectivity index (χ4v) is 8.92. The van der Waals surface area contributed by atoms with E-state index >= 15 is 4.79 Å². The predicted molar refractivity (Wildman–Crippen MR) is 231 cm³/mol. The van der Waals surface area contributed by atoms with Gasteiger partial charge in [0.15, 0.2) is 12.8 Å². The van der Waals surface area contributed by atoms with Gasteiger partial charge in [0, 0.05) is 32.2 Å². The highest BCUT2D eigenvalue weighted by atomic mass is 16.5. The molecule has 0 N–H and O–H groups in total. The van der Waals surface area contributed by atoms with Gasteiger partial charge in [-0.3, -0.25) is 19.4 Å². The predicted octanol–water partition coefficient (Wildman–Crippen LogP) is 8.15. The lowest BCUT2D eigenvalue weighted by Gasteiger charge is -2.45. The van der Waals surface area contributed by atoms with Crippen molar-refractivity contribution in [2.75, 3.05) is 72.0 Å². The number of anilines is 1. The smallest absolute Gasteiger partial charge is 0.266 e. The minimum atomic E-state index is -0.988. The Hall–Kier alpha value is -5.48. The van der Waals surface area contributed by atoms with Gasteiger partial charge >= 0.3 is 0 Å². The highest BCUT2D eigenvalue weighted by Crippen LogP contribution is 2.40. The number of fused-ring (bicyclic) bond motifs is 1. The highest BCUT2D eigenvalue weighted by molar-refractivity contribution is 6.04. The number of nitrogens with zero attached hydrogens (tertiary/aromatic N) is 5. The Bertz CT molecular complexity index is 2130.